The van der Waals surface area contributed by atoms with Gasteiger partial charge in [-0.3, -0.25) is 0 Å². The minimum atomic E-state index is -0.326. The maximum absolute atomic E-state index is 5.99. The highest BCUT2D eigenvalue weighted by atomic mass is 127. The number of rotatable bonds is 1. The molecule has 0 radical (unpaired) electrons. The molecule has 0 aliphatic carbocycles. The van der Waals surface area contributed by atoms with Gasteiger partial charge in [-0.05, 0) is 83.8 Å². The Hall–Kier alpha value is 0.345. The molecule has 1 aliphatic rings. The van der Waals surface area contributed by atoms with Crippen LogP contribution in [0.5, 0.6) is 0 Å². The molecular weight excluding hydrogens is 396 g/mol. The Kier molecular flexibility index (Phi) is 3.62. The number of halogens is 2. The average molecular weight is 410 g/mol. The van der Waals surface area contributed by atoms with Crippen LogP contribution < -0.4 is 5.46 Å². The first-order valence-corrected chi connectivity index (χ1v) is 7.27. The van der Waals surface area contributed by atoms with Gasteiger partial charge in [0.05, 0.1) is 11.2 Å². The molecule has 1 aromatic rings. The molecule has 1 fully saturated rings. The fourth-order valence-electron chi connectivity index (χ4n) is 1.60. The lowest BCUT2D eigenvalue weighted by Gasteiger charge is -2.32. The minimum absolute atomic E-state index is 0.307. The minimum Gasteiger partial charge on any atom is -0.399 e. The van der Waals surface area contributed by atoms with Crippen LogP contribution >= 0.6 is 38.5 Å². The van der Waals surface area contributed by atoms with Crippen LogP contribution in [0.1, 0.15) is 27.7 Å². The van der Waals surface area contributed by atoms with Crippen molar-refractivity contribution in [2.45, 2.75) is 38.9 Å². The zero-order valence-electron chi connectivity index (χ0n) is 10.3. The van der Waals surface area contributed by atoms with E-state index in [9.17, 15) is 0 Å². The summed E-state index contributed by atoms with van der Waals surface area (Å²) in [5.41, 5.74) is 0.382. The Morgan fingerprint density at radius 3 is 2.18 bits per heavy atom. The van der Waals surface area contributed by atoms with Crippen molar-refractivity contribution in [3.63, 3.8) is 0 Å². The Bertz CT molecular complexity index is 417. The smallest absolute Gasteiger partial charge is 0.399 e. The van der Waals surface area contributed by atoms with Crippen molar-refractivity contribution in [3.05, 3.63) is 20.4 Å². The molecule has 2 heterocycles. The number of aromatic nitrogens is 1. The van der Waals surface area contributed by atoms with Crippen molar-refractivity contribution >= 4 is 51.1 Å². The highest BCUT2D eigenvalue weighted by molar-refractivity contribution is 14.1. The van der Waals surface area contributed by atoms with Crippen molar-refractivity contribution in [2.75, 3.05) is 0 Å². The fourth-order valence-corrected chi connectivity index (χ4v) is 3.00. The van der Waals surface area contributed by atoms with E-state index >= 15 is 0 Å². The lowest BCUT2D eigenvalue weighted by molar-refractivity contribution is 0.00578. The number of hydrogen-bond donors (Lipinski definition) is 0. The highest BCUT2D eigenvalue weighted by Crippen LogP contribution is 2.36. The van der Waals surface area contributed by atoms with Gasteiger partial charge >= 0.3 is 7.12 Å². The van der Waals surface area contributed by atoms with Crippen LogP contribution in [0.2, 0.25) is 0 Å². The SMILES string of the molecule is CC1(C)OB(c2cc(Br)nc(I)c2)OC1(C)C. The summed E-state index contributed by atoms with van der Waals surface area (Å²) in [4.78, 5) is 4.27. The summed E-state index contributed by atoms with van der Waals surface area (Å²) in [7, 11) is -0.326. The Morgan fingerprint density at radius 1 is 1.18 bits per heavy atom. The zero-order valence-corrected chi connectivity index (χ0v) is 14.0. The molecular formula is C11H14BBrINO2. The molecule has 6 heteroatoms. The number of pyridine rings is 1. The van der Waals surface area contributed by atoms with E-state index in [2.05, 4.69) is 43.5 Å². The topological polar surface area (TPSA) is 31.4 Å². The Labute approximate surface area is 124 Å². The molecule has 92 valence electrons. The molecule has 0 saturated carbocycles. The van der Waals surface area contributed by atoms with E-state index in [1.54, 1.807) is 0 Å². The van der Waals surface area contributed by atoms with E-state index in [1.165, 1.54) is 0 Å². The standard InChI is InChI=1S/C11H14BBrINO2/c1-10(2)11(3,4)17-12(16-10)7-5-8(13)15-9(14)6-7/h5-6H,1-4H3. The van der Waals surface area contributed by atoms with Crippen molar-refractivity contribution < 1.29 is 9.31 Å². The second-order valence-electron chi connectivity index (χ2n) is 5.13. The fraction of sp³-hybridized carbons (Fsp3) is 0.545. The van der Waals surface area contributed by atoms with E-state index in [1.807, 2.05) is 39.8 Å². The maximum atomic E-state index is 5.99. The van der Waals surface area contributed by atoms with Crippen molar-refractivity contribution in [1.82, 2.24) is 4.98 Å². The molecule has 3 nitrogen and oxygen atoms in total. The lowest BCUT2D eigenvalue weighted by Crippen LogP contribution is -2.41. The van der Waals surface area contributed by atoms with Crippen LogP contribution in [0.25, 0.3) is 0 Å². The van der Waals surface area contributed by atoms with Gasteiger partial charge in [0.25, 0.3) is 0 Å². The van der Waals surface area contributed by atoms with Gasteiger partial charge in [0, 0.05) is 0 Å². The molecule has 17 heavy (non-hydrogen) atoms. The molecule has 0 atom stereocenters. The van der Waals surface area contributed by atoms with E-state index in [0.717, 1.165) is 13.8 Å². The predicted molar refractivity (Wildman–Crippen MR) is 80.4 cm³/mol. The van der Waals surface area contributed by atoms with Gasteiger partial charge < -0.3 is 9.31 Å². The molecule has 2 rings (SSSR count). The molecule has 0 N–H and O–H groups in total. The normalized spacial score (nSPS) is 21.9. The summed E-state index contributed by atoms with van der Waals surface area (Å²) in [6, 6.07) is 3.91. The third kappa shape index (κ3) is 2.69. The lowest BCUT2D eigenvalue weighted by atomic mass is 9.80. The first-order chi connectivity index (χ1) is 7.71. The summed E-state index contributed by atoms with van der Waals surface area (Å²) in [5, 5.41) is 0. The molecule has 0 spiro atoms. The van der Waals surface area contributed by atoms with E-state index in [0.29, 0.717) is 0 Å². The quantitative estimate of drug-likeness (QED) is 0.406. The van der Waals surface area contributed by atoms with Crippen molar-refractivity contribution in [3.8, 4) is 0 Å². The molecule has 0 bridgehead atoms. The molecule has 0 amide bonds. The van der Waals surface area contributed by atoms with Gasteiger partial charge in [0.2, 0.25) is 0 Å². The highest BCUT2D eigenvalue weighted by Gasteiger charge is 2.51. The van der Waals surface area contributed by atoms with Crippen LogP contribution in [-0.4, -0.2) is 23.3 Å². The maximum Gasteiger partial charge on any atom is 0.495 e. The van der Waals surface area contributed by atoms with Crippen LogP contribution in [-0.2, 0) is 9.31 Å². The van der Waals surface area contributed by atoms with Gasteiger partial charge in [0.15, 0.2) is 0 Å². The molecule has 1 saturated heterocycles. The van der Waals surface area contributed by atoms with Crippen molar-refractivity contribution in [1.29, 1.82) is 0 Å². The van der Waals surface area contributed by atoms with Crippen molar-refractivity contribution in [2.24, 2.45) is 0 Å². The Balaban J connectivity index is 2.32. The first-order valence-electron chi connectivity index (χ1n) is 5.40. The summed E-state index contributed by atoms with van der Waals surface area (Å²) >= 11 is 5.57. The summed E-state index contributed by atoms with van der Waals surface area (Å²) in [6.07, 6.45) is 0. The molecule has 1 aliphatic heterocycles. The summed E-state index contributed by atoms with van der Waals surface area (Å²) in [6.45, 7) is 8.20. The summed E-state index contributed by atoms with van der Waals surface area (Å²) in [5.74, 6) is 0. The van der Waals surface area contributed by atoms with Crippen LogP contribution in [0.4, 0.5) is 0 Å². The zero-order chi connectivity index (χ0) is 12.8. The second kappa shape index (κ2) is 4.47. The van der Waals surface area contributed by atoms with E-state index in [4.69, 9.17) is 9.31 Å². The predicted octanol–water partition coefficient (Wildman–Crippen LogP) is 2.75. The van der Waals surface area contributed by atoms with Gasteiger partial charge in [-0.15, -0.1) is 0 Å². The van der Waals surface area contributed by atoms with Gasteiger partial charge in [-0.1, -0.05) is 0 Å². The third-order valence-electron chi connectivity index (χ3n) is 3.31. The second-order valence-corrected chi connectivity index (χ2v) is 7.05. The van der Waals surface area contributed by atoms with Crippen LogP contribution in [0, 0.1) is 3.70 Å². The Morgan fingerprint density at radius 2 is 1.71 bits per heavy atom. The molecule has 1 aromatic heterocycles. The van der Waals surface area contributed by atoms with Gasteiger partial charge in [0.1, 0.15) is 8.30 Å². The number of nitrogens with zero attached hydrogens (tertiary/aromatic N) is 1. The largest absolute Gasteiger partial charge is 0.495 e. The molecule has 0 aromatic carbocycles. The monoisotopic (exact) mass is 409 g/mol. The average Bonchev–Trinajstić information content (AvgIpc) is 2.34. The third-order valence-corrected chi connectivity index (χ3v) is 4.27. The van der Waals surface area contributed by atoms with E-state index < -0.39 is 0 Å². The first kappa shape index (κ1) is 13.8. The van der Waals surface area contributed by atoms with Gasteiger partial charge in [-0.2, -0.15) is 0 Å². The number of hydrogen-bond acceptors (Lipinski definition) is 3. The van der Waals surface area contributed by atoms with Gasteiger partial charge in [-0.25, -0.2) is 4.98 Å². The van der Waals surface area contributed by atoms with Crippen LogP contribution in [0.15, 0.2) is 16.7 Å². The van der Waals surface area contributed by atoms with E-state index in [-0.39, 0.29) is 18.3 Å². The van der Waals surface area contributed by atoms with Crippen LogP contribution in [0.3, 0.4) is 0 Å². The molecule has 0 unspecified atom stereocenters. The summed E-state index contributed by atoms with van der Waals surface area (Å²) < 4.78 is 13.7.